The van der Waals surface area contributed by atoms with Crippen LogP contribution in [-0.4, -0.2) is 11.1 Å². The maximum Gasteiger partial charge on any atom is 1.00 e. The van der Waals surface area contributed by atoms with Gasteiger partial charge in [0.2, 0.25) is 5.76 Å². The molecular formula is C17H14NaO3P. The van der Waals surface area contributed by atoms with Gasteiger partial charge < -0.3 is 11.0 Å². The molecule has 0 fully saturated rings. The molecule has 3 aromatic rings. The molecule has 0 aliphatic rings. The van der Waals surface area contributed by atoms with Gasteiger partial charge in [-0.25, -0.2) is 4.79 Å². The van der Waals surface area contributed by atoms with Crippen LogP contribution in [0.1, 0.15) is 12.0 Å². The maximum atomic E-state index is 11.0. The van der Waals surface area contributed by atoms with Gasteiger partial charge in [0.05, 0.1) is 0 Å². The van der Waals surface area contributed by atoms with Gasteiger partial charge in [-0.05, 0) is 22.7 Å². The fourth-order valence-corrected chi connectivity index (χ4v) is 4.28. The number of hydrogen-bond donors (Lipinski definition) is 1. The van der Waals surface area contributed by atoms with Crippen LogP contribution in [0.5, 0.6) is 0 Å². The molecule has 0 spiro atoms. The van der Waals surface area contributed by atoms with E-state index in [1.54, 1.807) is 6.07 Å². The van der Waals surface area contributed by atoms with Crippen molar-refractivity contribution in [2.24, 2.45) is 0 Å². The third kappa shape index (κ3) is 3.68. The average molecular weight is 320 g/mol. The predicted octanol–water partition coefficient (Wildman–Crippen LogP) is -0.147. The van der Waals surface area contributed by atoms with Crippen molar-refractivity contribution < 1.29 is 45.3 Å². The van der Waals surface area contributed by atoms with E-state index in [1.165, 1.54) is 6.07 Å². The van der Waals surface area contributed by atoms with Crippen LogP contribution in [-0.2, 0) is 0 Å². The summed E-state index contributed by atoms with van der Waals surface area (Å²) < 4.78 is 5.55. The number of furan rings is 1. The number of carboxylic acid groups (broad SMARTS) is 1. The first kappa shape index (κ1) is 17.0. The second-order valence-electron chi connectivity index (χ2n) is 4.45. The first-order valence-electron chi connectivity index (χ1n) is 6.49. The van der Waals surface area contributed by atoms with Crippen LogP contribution < -0.4 is 45.7 Å². The van der Waals surface area contributed by atoms with Gasteiger partial charge in [0.25, 0.3) is 0 Å². The molecule has 0 atom stereocenters. The summed E-state index contributed by atoms with van der Waals surface area (Å²) in [6, 6.07) is 23.3. The molecule has 22 heavy (non-hydrogen) atoms. The summed E-state index contributed by atoms with van der Waals surface area (Å²) in [5.41, 5.74) is 0.694. The molecule has 0 aliphatic carbocycles. The minimum Gasteiger partial charge on any atom is -1.00 e. The Hall–Kier alpha value is -1.38. The van der Waals surface area contributed by atoms with Gasteiger partial charge in [0.1, 0.15) is 5.50 Å². The number of hydrogen-bond acceptors (Lipinski definition) is 2. The smallest absolute Gasteiger partial charge is 1.00 e. The van der Waals surface area contributed by atoms with Crippen LogP contribution in [0.2, 0.25) is 0 Å². The van der Waals surface area contributed by atoms with Crippen molar-refractivity contribution in [1.82, 2.24) is 0 Å². The zero-order valence-corrected chi connectivity index (χ0v) is 15.0. The fourth-order valence-electron chi connectivity index (χ4n) is 2.12. The number of rotatable bonds is 4. The minimum atomic E-state index is -1.04. The SMILES string of the molecule is O=C(O)c1ccc(P(c2ccccc2)c2ccccc2)o1.[H-].[Na+]. The quantitative estimate of drug-likeness (QED) is 0.537. The molecule has 0 amide bonds. The Morgan fingerprint density at radius 1 is 0.864 bits per heavy atom. The van der Waals surface area contributed by atoms with E-state index in [-0.39, 0.29) is 36.7 Å². The summed E-state index contributed by atoms with van der Waals surface area (Å²) in [5.74, 6) is -1.07. The summed E-state index contributed by atoms with van der Waals surface area (Å²) in [7, 11) is -0.880. The minimum absolute atomic E-state index is 0. The molecule has 1 N–H and O–H groups in total. The van der Waals surface area contributed by atoms with Crippen LogP contribution in [0, 0.1) is 0 Å². The third-order valence-corrected chi connectivity index (χ3v) is 5.36. The van der Waals surface area contributed by atoms with Crippen molar-refractivity contribution in [2.75, 3.05) is 0 Å². The molecule has 1 aromatic heterocycles. The molecule has 0 aliphatic heterocycles. The largest absolute Gasteiger partial charge is 1.00 e. The standard InChI is InChI=1S/C17H13O3P.Na.H/c18-17(19)15-11-12-16(20-15)21(13-7-3-1-4-8-13)14-9-5-2-6-10-14;;/h1-12H,(H,18,19);;/q;+1;-1. The molecule has 0 saturated carbocycles. The van der Waals surface area contributed by atoms with E-state index in [2.05, 4.69) is 0 Å². The van der Waals surface area contributed by atoms with E-state index < -0.39 is 13.9 Å². The normalized spacial score (nSPS) is 10.2. The van der Waals surface area contributed by atoms with Crippen LogP contribution in [0.15, 0.2) is 77.2 Å². The molecule has 0 bridgehead atoms. The predicted molar refractivity (Wildman–Crippen MR) is 85.5 cm³/mol. The topological polar surface area (TPSA) is 50.4 Å². The van der Waals surface area contributed by atoms with Crippen LogP contribution >= 0.6 is 7.92 Å². The van der Waals surface area contributed by atoms with Gasteiger partial charge in [-0.3, -0.25) is 0 Å². The molecule has 0 unspecified atom stereocenters. The Morgan fingerprint density at radius 3 is 1.77 bits per heavy atom. The Kier molecular flexibility index (Phi) is 5.98. The molecule has 2 aromatic carbocycles. The van der Waals surface area contributed by atoms with E-state index in [4.69, 9.17) is 9.52 Å². The van der Waals surface area contributed by atoms with Crippen molar-refractivity contribution >= 4 is 30.0 Å². The Labute approximate surface area is 153 Å². The van der Waals surface area contributed by atoms with Crippen molar-refractivity contribution in [2.45, 2.75) is 0 Å². The van der Waals surface area contributed by atoms with E-state index in [0.29, 0.717) is 5.50 Å². The molecular weight excluding hydrogens is 306 g/mol. The average Bonchev–Trinajstić information content (AvgIpc) is 3.00. The molecule has 0 radical (unpaired) electrons. The molecule has 106 valence electrons. The number of carboxylic acids is 1. The van der Waals surface area contributed by atoms with Crippen molar-refractivity contribution in [3.05, 3.63) is 78.6 Å². The Bertz CT molecular complexity index is 707. The molecule has 3 rings (SSSR count). The van der Waals surface area contributed by atoms with Gasteiger partial charge in [-0.15, -0.1) is 0 Å². The molecule has 0 saturated heterocycles. The Balaban J connectivity index is 0.00000132. The summed E-state index contributed by atoms with van der Waals surface area (Å²) in [5, 5.41) is 11.3. The summed E-state index contributed by atoms with van der Waals surface area (Å²) in [6.45, 7) is 0. The third-order valence-electron chi connectivity index (χ3n) is 3.05. The second kappa shape index (κ2) is 7.75. The van der Waals surface area contributed by atoms with Crippen LogP contribution in [0.4, 0.5) is 0 Å². The van der Waals surface area contributed by atoms with Crippen molar-refractivity contribution in [1.29, 1.82) is 0 Å². The first-order valence-corrected chi connectivity index (χ1v) is 7.83. The number of benzene rings is 2. The van der Waals surface area contributed by atoms with E-state index in [0.717, 1.165) is 10.6 Å². The number of aromatic carboxylic acids is 1. The monoisotopic (exact) mass is 320 g/mol. The summed E-state index contributed by atoms with van der Waals surface area (Å²) in [4.78, 5) is 11.0. The number of carbonyl (C=O) groups is 1. The molecule has 5 heteroatoms. The van der Waals surface area contributed by atoms with Crippen molar-refractivity contribution in [3.63, 3.8) is 0 Å². The van der Waals surface area contributed by atoms with Crippen LogP contribution in [0.25, 0.3) is 0 Å². The van der Waals surface area contributed by atoms with Crippen LogP contribution in [0.3, 0.4) is 0 Å². The van der Waals surface area contributed by atoms with Gasteiger partial charge in [0, 0.05) is 7.92 Å². The summed E-state index contributed by atoms with van der Waals surface area (Å²) >= 11 is 0. The summed E-state index contributed by atoms with van der Waals surface area (Å²) in [6.07, 6.45) is 0. The zero-order valence-electron chi connectivity index (χ0n) is 13.1. The van der Waals surface area contributed by atoms with Gasteiger partial charge >= 0.3 is 35.5 Å². The van der Waals surface area contributed by atoms with Gasteiger partial charge in [-0.1, -0.05) is 60.7 Å². The van der Waals surface area contributed by atoms with Gasteiger partial charge in [0.15, 0.2) is 0 Å². The first-order chi connectivity index (χ1) is 10.3. The fraction of sp³-hybridized carbons (Fsp3) is 0. The molecule has 1 heterocycles. The molecule has 3 nitrogen and oxygen atoms in total. The Morgan fingerprint density at radius 2 is 1.36 bits per heavy atom. The maximum absolute atomic E-state index is 11.0. The van der Waals surface area contributed by atoms with E-state index >= 15 is 0 Å². The van der Waals surface area contributed by atoms with Crippen molar-refractivity contribution in [3.8, 4) is 0 Å². The second-order valence-corrected chi connectivity index (χ2v) is 6.59. The zero-order chi connectivity index (χ0) is 14.7. The van der Waals surface area contributed by atoms with Gasteiger partial charge in [-0.2, -0.15) is 0 Å². The van der Waals surface area contributed by atoms with E-state index in [1.807, 2.05) is 60.7 Å². The van der Waals surface area contributed by atoms with E-state index in [9.17, 15) is 4.79 Å².